The molecule has 0 heteroatoms. The third-order valence-electron chi connectivity index (χ3n) is 1.97. The highest BCUT2D eigenvalue weighted by Gasteiger charge is 1.87. The van der Waals surface area contributed by atoms with Gasteiger partial charge < -0.3 is 0 Å². The molecule has 1 aromatic carbocycles. The molecule has 0 aliphatic heterocycles. The topological polar surface area (TPSA) is 0 Å². The fourth-order valence-electron chi connectivity index (χ4n) is 1.15. The minimum absolute atomic E-state index is 0.988. The molecule has 0 N–H and O–H groups in total. The second-order valence-electron chi connectivity index (χ2n) is 3.24. The van der Waals surface area contributed by atoms with E-state index in [-0.39, 0.29) is 0 Å². The maximum Gasteiger partial charge on any atom is -0.00943 e. The molecule has 0 aromatic heterocycles. The summed E-state index contributed by atoms with van der Waals surface area (Å²) in [4.78, 5) is 0. The van der Waals surface area contributed by atoms with Crippen LogP contribution in [0.15, 0.2) is 61.2 Å². The van der Waals surface area contributed by atoms with Crippen molar-refractivity contribution in [3.05, 3.63) is 72.4 Å². The molecule has 1 aromatic rings. The molecule has 0 aliphatic rings. The molecule has 0 bridgehead atoms. The van der Waals surface area contributed by atoms with E-state index in [1.165, 1.54) is 11.1 Å². The zero-order chi connectivity index (χ0) is 10.2. The summed E-state index contributed by atoms with van der Waals surface area (Å²) in [5.41, 5.74) is 2.66. The minimum Gasteiger partial charge on any atom is -0.0991 e. The first-order chi connectivity index (χ1) is 6.83. The molecule has 0 spiro atoms. The van der Waals surface area contributed by atoms with E-state index in [1.807, 2.05) is 18.2 Å². The molecule has 0 saturated heterocycles. The van der Waals surface area contributed by atoms with Crippen molar-refractivity contribution >= 4 is 0 Å². The first-order valence-electron chi connectivity index (χ1n) is 4.82. The predicted molar refractivity (Wildman–Crippen MR) is 63.4 cm³/mol. The van der Waals surface area contributed by atoms with E-state index in [2.05, 4.69) is 43.8 Å². The van der Waals surface area contributed by atoms with E-state index >= 15 is 0 Å². The second kappa shape index (κ2) is 5.98. The van der Waals surface area contributed by atoms with E-state index in [9.17, 15) is 0 Å². The van der Waals surface area contributed by atoms with Gasteiger partial charge in [0.2, 0.25) is 0 Å². The lowest BCUT2D eigenvalue weighted by Gasteiger charge is -1.96. The zero-order valence-corrected chi connectivity index (χ0v) is 8.61. The van der Waals surface area contributed by atoms with Crippen molar-refractivity contribution in [1.29, 1.82) is 0 Å². The van der Waals surface area contributed by atoms with Gasteiger partial charge in [-0.1, -0.05) is 66.8 Å². The number of allylic oxidation sites excluding steroid dienone is 5. The third kappa shape index (κ3) is 3.90. The SMILES string of the molecule is C=CC=CC=CCc1ccc(C)cc1. The molecule has 0 amide bonds. The highest BCUT2D eigenvalue weighted by Crippen LogP contribution is 2.04. The van der Waals surface area contributed by atoms with Crippen molar-refractivity contribution in [2.24, 2.45) is 0 Å². The van der Waals surface area contributed by atoms with Crippen molar-refractivity contribution in [3.8, 4) is 0 Å². The van der Waals surface area contributed by atoms with Crippen molar-refractivity contribution in [2.45, 2.75) is 13.3 Å². The molecule has 0 fully saturated rings. The van der Waals surface area contributed by atoms with Crippen LogP contribution in [0.5, 0.6) is 0 Å². The number of hydrogen-bond acceptors (Lipinski definition) is 0. The zero-order valence-electron chi connectivity index (χ0n) is 8.61. The summed E-state index contributed by atoms with van der Waals surface area (Å²) >= 11 is 0. The first-order valence-corrected chi connectivity index (χ1v) is 4.82. The van der Waals surface area contributed by atoms with E-state index in [0.717, 1.165) is 6.42 Å². The van der Waals surface area contributed by atoms with Crippen LogP contribution in [0.1, 0.15) is 11.1 Å². The van der Waals surface area contributed by atoms with E-state index in [4.69, 9.17) is 0 Å². The van der Waals surface area contributed by atoms with Crippen LogP contribution in [-0.4, -0.2) is 0 Å². The van der Waals surface area contributed by atoms with Crippen LogP contribution >= 0.6 is 0 Å². The van der Waals surface area contributed by atoms with Crippen LogP contribution < -0.4 is 0 Å². The lowest BCUT2D eigenvalue weighted by atomic mass is 10.1. The fourth-order valence-corrected chi connectivity index (χ4v) is 1.15. The number of benzene rings is 1. The summed E-state index contributed by atoms with van der Waals surface area (Å²) in [6, 6.07) is 8.61. The van der Waals surface area contributed by atoms with Gasteiger partial charge in [0, 0.05) is 0 Å². The smallest absolute Gasteiger partial charge is 0.00943 e. The van der Waals surface area contributed by atoms with E-state index in [1.54, 1.807) is 6.08 Å². The Balaban J connectivity index is 2.45. The molecular formula is C14H16. The van der Waals surface area contributed by atoms with Gasteiger partial charge in [-0.05, 0) is 18.9 Å². The normalized spacial score (nSPS) is 11.2. The number of aryl methyl sites for hydroxylation is 1. The Morgan fingerprint density at radius 1 is 1.07 bits per heavy atom. The molecule has 0 radical (unpaired) electrons. The predicted octanol–water partition coefficient (Wildman–Crippen LogP) is 3.84. The molecule has 72 valence electrons. The van der Waals surface area contributed by atoms with Gasteiger partial charge in [0.1, 0.15) is 0 Å². The molecule has 0 unspecified atom stereocenters. The largest absolute Gasteiger partial charge is 0.0991 e. The molecule has 0 heterocycles. The van der Waals surface area contributed by atoms with Crippen LogP contribution in [-0.2, 0) is 6.42 Å². The first kappa shape index (κ1) is 10.5. The molecule has 0 atom stereocenters. The van der Waals surface area contributed by atoms with Crippen molar-refractivity contribution in [2.75, 3.05) is 0 Å². The standard InChI is InChI=1S/C14H16/c1-3-4-5-6-7-8-14-11-9-13(2)10-12-14/h3-7,9-12H,1,8H2,2H3. The second-order valence-corrected chi connectivity index (χ2v) is 3.24. The van der Waals surface area contributed by atoms with Gasteiger partial charge in [-0.15, -0.1) is 0 Å². The molecule has 0 nitrogen and oxygen atoms in total. The number of hydrogen-bond donors (Lipinski definition) is 0. The lowest BCUT2D eigenvalue weighted by molar-refractivity contribution is 1.26. The summed E-state index contributed by atoms with van der Waals surface area (Å²) in [6.45, 7) is 5.71. The summed E-state index contributed by atoms with van der Waals surface area (Å²) in [5, 5.41) is 0. The summed E-state index contributed by atoms with van der Waals surface area (Å²) in [5.74, 6) is 0. The van der Waals surface area contributed by atoms with Crippen LogP contribution in [0.25, 0.3) is 0 Å². The van der Waals surface area contributed by atoms with Crippen molar-refractivity contribution in [3.63, 3.8) is 0 Å². The average molecular weight is 184 g/mol. The summed E-state index contributed by atoms with van der Waals surface area (Å²) in [7, 11) is 0. The molecule has 14 heavy (non-hydrogen) atoms. The van der Waals surface area contributed by atoms with Gasteiger partial charge in [-0.2, -0.15) is 0 Å². The Kier molecular flexibility index (Phi) is 4.49. The molecule has 0 aliphatic carbocycles. The summed E-state index contributed by atoms with van der Waals surface area (Å²) < 4.78 is 0. The van der Waals surface area contributed by atoms with Crippen LogP contribution in [0, 0.1) is 6.92 Å². The van der Waals surface area contributed by atoms with Gasteiger partial charge in [0.15, 0.2) is 0 Å². The van der Waals surface area contributed by atoms with E-state index in [0.29, 0.717) is 0 Å². The Hall–Kier alpha value is -1.56. The van der Waals surface area contributed by atoms with Gasteiger partial charge in [-0.25, -0.2) is 0 Å². The highest BCUT2D eigenvalue weighted by atomic mass is 13.9. The third-order valence-corrected chi connectivity index (χ3v) is 1.97. The summed E-state index contributed by atoms with van der Waals surface area (Å²) in [6.07, 6.45) is 10.9. The Morgan fingerprint density at radius 2 is 1.79 bits per heavy atom. The Morgan fingerprint density at radius 3 is 2.43 bits per heavy atom. The highest BCUT2D eigenvalue weighted by molar-refractivity contribution is 5.23. The van der Waals surface area contributed by atoms with Crippen molar-refractivity contribution in [1.82, 2.24) is 0 Å². The number of rotatable bonds is 4. The van der Waals surface area contributed by atoms with Gasteiger partial charge in [-0.3, -0.25) is 0 Å². The Bertz CT molecular complexity index is 326. The molecule has 0 saturated carbocycles. The van der Waals surface area contributed by atoms with E-state index < -0.39 is 0 Å². The van der Waals surface area contributed by atoms with Crippen molar-refractivity contribution < 1.29 is 0 Å². The fraction of sp³-hybridized carbons (Fsp3) is 0.143. The quantitative estimate of drug-likeness (QED) is 0.624. The van der Waals surface area contributed by atoms with Gasteiger partial charge in [0.25, 0.3) is 0 Å². The molecular weight excluding hydrogens is 168 g/mol. The maximum absolute atomic E-state index is 3.61. The lowest BCUT2D eigenvalue weighted by Crippen LogP contribution is -1.80. The van der Waals surface area contributed by atoms with Crippen LogP contribution in [0.4, 0.5) is 0 Å². The van der Waals surface area contributed by atoms with Gasteiger partial charge in [0.05, 0.1) is 0 Å². The maximum atomic E-state index is 3.61. The monoisotopic (exact) mass is 184 g/mol. The molecule has 1 rings (SSSR count). The van der Waals surface area contributed by atoms with Gasteiger partial charge >= 0.3 is 0 Å². The minimum atomic E-state index is 0.988. The van der Waals surface area contributed by atoms with Crippen LogP contribution in [0.3, 0.4) is 0 Å². The Labute approximate surface area is 86.3 Å². The van der Waals surface area contributed by atoms with Crippen LogP contribution in [0.2, 0.25) is 0 Å². The average Bonchev–Trinajstić information content (AvgIpc) is 2.21.